The first-order chi connectivity index (χ1) is 7.95. The van der Waals surface area contributed by atoms with Gasteiger partial charge in [-0.3, -0.25) is 0 Å². The Morgan fingerprint density at radius 3 is 2.47 bits per heavy atom. The Morgan fingerprint density at radius 2 is 1.94 bits per heavy atom. The minimum Gasteiger partial charge on any atom is -0.377 e. The molecule has 0 fully saturated rings. The predicted molar refractivity (Wildman–Crippen MR) is 62.7 cm³/mol. The van der Waals surface area contributed by atoms with Gasteiger partial charge in [-0.2, -0.15) is 0 Å². The molecule has 0 radical (unpaired) electrons. The standard InChI is InChI=1S/C11H16FNO3S/c1-3-16-9(2)8-13-17(14,15)11-6-4-10(12)5-7-11/h4-7,9,13H,3,8H2,1-2H3. The summed E-state index contributed by atoms with van der Waals surface area (Å²) in [4.78, 5) is 0.0441. The Bertz CT molecular complexity index is 444. The van der Waals surface area contributed by atoms with Gasteiger partial charge in [0.2, 0.25) is 10.0 Å². The quantitative estimate of drug-likeness (QED) is 0.845. The van der Waals surface area contributed by atoms with E-state index < -0.39 is 15.8 Å². The molecule has 0 heterocycles. The van der Waals surface area contributed by atoms with Gasteiger partial charge in [-0.25, -0.2) is 17.5 Å². The van der Waals surface area contributed by atoms with Gasteiger partial charge in [0.05, 0.1) is 11.0 Å². The second-order valence-electron chi connectivity index (χ2n) is 3.57. The lowest BCUT2D eigenvalue weighted by atomic mass is 10.4. The first kappa shape index (κ1) is 14.1. The number of hydrogen-bond acceptors (Lipinski definition) is 3. The van der Waals surface area contributed by atoms with E-state index in [1.807, 2.05) is 6.92 Å². The number of hydrogen-bond donors (Lipinski definition) is 1. The minimum absolute atomic E-state index is 0.0441. The smallest absolute Gasteiger partial charge is 0.240 e. The van der Waals surface area contributed by atoms with Crippen molar-refractivity contribution in [3.63, 3.8) is 0 Å². The third kappa shape index (κ3) is 4.41. The van der Waals surface area contributed by atoms with Crippen molar-refractivity contribution >= 4 is 10.0 Å². The molecule has 0 spiro atoms. The molecule has 0 saturated heterocycles. The van der Waals surface area contributed by atoms with Crippen LogP contribution in [0.4, 0.5) is 4.39 Å². The van der Waals surface area contributed by atoms with Gasteiger partial charge in [0, 0.05) is 13.2 Å². The summed E-state index contributed by atoms with van der Waals surface area (Å²) < 4.78 is 43.8. The molecule has 1 atom stereocenters. The second kappa shape index (κ2) is 6.09. The third-order valence-electron chi connectivity index (χ3n) is 2.14. The zero-order valence-corrected chi connectivity index (χ0v) is 10.6. The molecule has 0 aliphatic rings. The summed E-state index contributed by atoms with van der Waals surface area (Å²) in [6, 6.07) is 4.67. The number of sulfonamides is 1. The Labute approximate surface area is 101 Å². The van der Waals surface area contributed by atoms with Crippen molar-refractivity contribution in [2.75, 3.05) is 13.2 Å². The molecule has 17 heavy (non-hydrogen) atoms. The van der Waals surface area contributed by atoms with Gasteiger partial charge < -0.3 is 4.74 Å². The Balaban J connectivity index is 2.66. The highest BCUT2D eigenvalue weighted by molar-refractivity contribution is 7.89. The summed E-state index contributed by atoms with van der Waals surface area (Å²) >= 11 is 0. The largest absolute Gasteiger partial charge is 0.377 e. The summed E-state index contributed by atoms with van der Waals surface area (Å²) in [5.74, 6) is -0.466. The predicted octanol–water partition coefficient (Wildman–Crippen LogP) is 1.53. The van der Waals surface area contributed by atoms with E-state index in [2.05, 4.69) is 4.72 Å². The fourth-order valence-corrected chi connectivity index (χ4v) is 2.38. The maximum absolute atomic E-state index is 12.7. The van der Waals surface area contributed by atoms with Crippen LogP contribution in [0, 0.1) is 5.82 Å². The van der Waals surface area contributed by atoms with Gasteiger partial charge in [0.15, 0.2) is 0 Å². The third-order valence-corrected chi connectivity index (χ3v) is 3.58. The number of nitrogens with one attached hydrogen (secondary N) is 1. The molecule has 6 heteroatoms. The molecule has 4 nitrogen and oxygen atoms in total. The molecular weight excluding hydrogens is 245 g/mol. The minimum atomic E-state index is -3.59. The molecule has 1 unspecified atom stereocenters. The molecule has 0 aliphatic carbocycles. The highest BCUT2D eigenvalue weighted by Crippen LogP contribution is 2.09. The van der Waals surface area contributed by atoms with Crippen LogP contribution in [-0.2, 0) is 14.8 Å². The van der Waals surface area contributed by atoms with Crippen molar-refractivity contribution in [3.05, 3.63) is 30.1 Å². The van der Waals surface area contributed by atoms with Gasteiger partial charge in [0.1, 0.15) is 5.82 Å². The van der Waals surface area contributed by atoms with Crippen molar-refractivity contribution < 1.29 is 17.5 Å². The highest BCUT2D eigenvalue weighted by Gasteiger charge is 2.14. The topological polar surface area (TPSA) is 55.4 Å². The maximum Gasteiger partial charge on any atom is 0.240 e. The van der Waals surface area contributed by atoms with Crippen LogP contribution in [0.25, 0.3) is 0 Å². The van der Waals surface area contributed by atoms with E-state index in [0.29, 0.717) is 6.61 Å². The summed E-state index contributed by atoms with van der Waals surface area (Å²) in [5.41, 5.74) is 0. The lowest BCUT2D eigenvalue weighted by molar-refractivity contribution is 0.0799. The molecule has 1 aromatic rings. The first-order valence-corrected chi connectivity index (χ1v) is 6.81. The normalized spacial score (nSPS) is 13.6. The van der Waals surface area contributed by atoms with Crippen LogP contribution in [0.1, 0.15) is 13.8 Å². The average molecular weight is 261 g/mol. The molecule has 0 bridgehead atoms. The van der Waals surface area contributed by atoms with Crippen LogP contribution in [0.15, 0.2) is 29.2 Å². The van der Waals surface area contributed by atoms with E-state index in [1.165, 1.54) is 12.1 Å². The molecule has 1 N–H and O–H groups in total. The van der Waals surface area contributed by atoms with E-state index >= 15 is 0 Å². The summed E-state index contributed by atoms with van der Waals surface area (Å²) in [6.07, 6.45) is -0.199. The Hall–Kier alpha value is -0.980. The molecule has 96 valence electrons. The van der Waals surface area contributed by atoms with E-state index in [4.69, 9.17) is 4.74 Å². The first-order valence-electron chi connectivity index (χ1n) is 5.32. The van der Waals surface area contributed by atoms with Gasteiger partial charge >= 0.3 is 0 Å². The summed E-state index contributed by atoms with van der Waals surface area (Å²) in [5, 5.41) is 0. The molecule has 0 saturated carbocycles. The second-order valence-corrected chi connectivity index (χ2v) is 5.34. The molecule has 0 aliphatic heterocycles. The van der Waals surface area contributed by atoms with Gasteiger partial charge in [-0.1, -0.05) is 0 Å². The maximum atomic E-state index is 12.7. The molecular formula is C11H16FNO3S. The Kier molecular flexibility index (Phi) is 5.04. The summed E-state index contributed by atoms with van der Waals surface area (Å²) in [7, 11) is -3.59. The average Bonchev–Trinajstić information content (AvgIpc) is 2.28. The van der Waals surface area contributed by atoms with Crippen molar-refractivity contribution in [2.24, 2.45) is 0 Å². The van der Waals surface area contributed by atoms with E-state index in [-0.39, 0.29) is 17.5 Å². The lowest BCUT2D eigenvalue weighted by Crippen LogP contribution is -2.32. The fourth-order valence-electron chi connectivity index (χ4n) is 1.27. The number of benzene rings is 1. The van der Waals surface area contributed by atoms with Crippen LogP contribution >= 0.6 is 0 Å². The number of halogens is 1. The lowest BCUT2D eigenvalue weighted by Gasteiger charge is -2.12. The molecule has 0 amide bonds. The number of ether oxygens (including phenoxy) is 1. The van der Waals surface area contributed by atoms with Gasteiger partial charge in [-0.15, -0.1) is 0 Å². The zero-order chi connectivity index (χ0) is 12.9. The Morgan fingerprint density at radius 1 is 1.35 bits per heavy atom. The van der Waals surface area contributed by atoms with Crippen molar-refractivity contribution in [3.8, 4) is 0 Å². The molecule has 1 rings (SSSR count). The summed E-state index contributed by atoms with van der Waals surface area (Å²) in [6.45, 7) is 4.33. The van der Waals surface area contributed by atoms with Crippen LogP contribution in [-0.4, -0.2) is 27.7 Å². The van der Waals surface area contributed by atoms with Crippen molar-refractivity contribution in [1.29, 1.82) is 0 Å². The molecule has 0 aromatic heterocycles. The SMILES string of the molecule is CCOC(C)CNS(=O)(=O)c1ccc(F)cc1. The van der Waals surface area contributed by atoms with Crippen LogP contribution < -0.4 is 4.72 Å². The number of rotatable bonds is 6. The highest BCUT2D eigenvalue weighted by atomic mass is 32.2. The van der Waals surface area contributed by atoms with Crippen molar-refractivity contribution in [2.45, 2.75) is 24.8 Å². The van der Waals surface area contributed by atoms with Crippen LogP contribution in [0.2, 0.25) is 0 Å². The molecule has 1 aromatic carbocycles. The van der Waals surface area contributed by atoms with E-state index in [0.717, 1.165) is 12.1 Å². The zero-order valence-electron chi connectivity index (χ0n) is 9.81. The van der Waals surface area contributed by atoms with Gasteiger partial charge in [0.25, 0.3) is 0 Å². The fraction of sp³-hybridized carbons (Fsp3) is 0.455. The van der Waals surface area contributed by atoms with Crippen LogP contribution in [0.3, 0.4) is 0 Å². The van der Waals surface area contributed by atoms with E-state index in [9.17, 15) is 12.8 Å². The van der Waals surface area contributed by atoms with Crippen molar-refractivity contribution in [1.82, 2.24) is 4.72 Å². The van der Waals surface area contributed by atoms with Gasteiger partial charge in [-0.05, 0) is 38.1 Å². The van der Waals surface area contributed by atoms with Crippen LogP contribution in [0.5, 0.6) is 0 Å². The van der Waals surface area contributed by atoms with E-state index in [1.54, 1.807) is 6.92 Å². The monoisotopic (exact) mass is 261 g/mol.